The fourth-order valence-electron chi connectivity index (χ4n) is 2.61. The molecule has 26 heavy (non-hydrogen) atoms. The molecule has 1 N–H and O–H groups in total. The molecular formula is C20H18FN3O2. The number of hydrogen-bond acceptors (Lipinski definition) is 3. The maximum absolute atomic E-state index is 13.1. The van der Waals surface area contributed by atoms with E-state index in [0.29, 0.717) is 11.3 Å². The summed E-state index contributed by atoms with van der Waals surface area (Å²) in [7, 11) is 0. The molecule has 0 fully saturated rings. The highest BCUT2D eigenvalue weighted by molar-refractivity contribution is 5.91. The van der Waals surface area contributed by atoms with Gasteiger partial charge in [-0.3, -0.25) is 9.59 Å². The molecule has 0 aliphatic heterocycles. The van der Waals surface area contributed by atoms with Gasteiger partial charge in [0.15, 0.2) is 0 Å². The third-order valence-electron chi connectivity index (χ3n) is 3.97. The summed E-state index contributed by atoms with van der Waals surface area (Å²) in [6.07, 6.45) is 0.786. The Kier molecular flexibility index (Phi) is 5.22. The van der Waals surface area contributed by atoms with Gasteiger partial charge in [0.2, 0.25) is 5.91 Å². The fraction of sp³-hybridized carbons (Fsp3) is 0.150. The molecule has 0 aliphatic rings. The fourth-order valence-corrected chi connectivity index (χ4v) is 2.61. The monoisotopic (exact) mass is 351 g/mol. The number of hydrogen-bond donors (Lipinski definition) is 1. The van der Waals surface area contributed by atoms with E-state index in [4.69, 9.17) is 0 Å². The van der Waals surface area contributed by atoms with E-state index < -0.39 is 0 Å². The number of halogens is 1. The second-order valence-corrected chi connectivity index (χ2v) is 5.78. The minimum absolute atomic E-state index is 0.202. The van der Waals surface area contributed by atoms with Crippen LogP contribution in [0.15, 0.2) is 65.5 Å². The van der Waals surface area contributed by atoms with E-state index in [0.717, 1.165) is 22.4 Å². The topological polar surface area (TPSA) is 64.0 Å². The van der Waals surface area contributed by atoms with Crippen molar-refractivity contribution in [3.05, 3.63) is 82.4 Å². The van der Waals surface area contributed by atoms with Crippen LogP contribution >= 0.6 is 0 Å². The number of benzene rings is 2. The van der Waals surface area contributed by atoms with Gasteiger partial charge in [0.25, 0.3) is 5.56 Å². The van der Waals surface area contributed by atoms with Crippen LogP contribution in [0.4, 0.5) is 10.1 Å². The number of carbonyl (C=O) groups excluding carboxylic acids is 1. The highest BCUT2D eigenvalue weighted by Gasteiger charge is 2.10. The predicted octanol–water partition coefficient (Wildman–Crippen LogP) is 3.25. The third kappa shape index (κ3) is 4.03. The lowest BCUT2D eigenvalue weighted by molar-refractivity contribution is -0.117. The van der Waals surface area contributed by atoms with Crippen LogP contribution in [0.5, 0.6) is 0 Å². The van der Waals surface area contributed by atoms with Crippen molar-refractivity contribution < 1.29 is 9.18 Å². The van der Waals surface area contributed by atoms with Gasteiger partial charge in [0.1, 0.15) is 12.4 Å². The van der Waals surface area contributed by atoms with E-state index >= 15 is 0 Å². The molecule has 6 heteroatoms. The summed E-state index contributed by atoms with van der Waals surface area (Å²) in [6, 6.07) is 16.2. The average molecular weight is 351 g/mol. The van der Waals surface area contributed by atoms with Gasteiger partial charge >= 0.3 is 0 Å². The van der Waals surface area contributed by atoms with Gasteiger partial charge in [-0.2, -0.15) is 5.10 Å². The number of anilines is 1. The van der Waals surface area contributed by atoms with Crippen molar-refractivity contribution >= 4 is 11.6 Å². The van der Waals surface area contributed by atoms with E-state index in [1.165, 1.54) is 18.2 Å². The lowest BCUT2D eigenvalue weighted by Crippen LogP contribution is -2.29. The number of aryl methyl sites for hydroxylation is 1. The second-order valence-electron chi connectivity index (χ2n) is 5.78. The molecule has 3 aromatic rings. The number of nitrogens with zero attached hydrogens (tertiary/aromatic N) is 2. The van der Waals surface area contributed by atoms with Crippen LogP contribution in [0, 0.1) is 5.82 Å². The smallest absolute Gasteiger partial charge is 0.267 e. The molecule has 5 nitrogen and oxygen atoms in total. The molecule has 0 spiro atoms. The van der Waals surface area contributed by atoms with Gasteiger partial charge in [-0.1, -0.05) is 25.1 Å². The summed E-state index contributed by atoms with van der Waals surface area (Å²) in [5.74, 6) is -0.687. The molecule has 0 unspecified atom stereocenters. The van der Waals surface area contributed by atoms with Gasteiger partial charge in [-0.15, -0.1) is 0 Å². The molecule has 2 aromatic carbocycles. The van der Waals surface area contributed by atoms with E-state index in [9.17, 15) is 14.0 Å². The molecule has 0 bridgehead atoms. The standard InChI is InChI=1S/C20H18FN3O2/c1-2-14-5-3-4-6-17(14)22-19(25)13-24-20(26)12-11-18(23-24)15-7-9-16(21)10-8-15/h3-12H,2,13H2,1H3,(H,22,25). The first-order valence-corrected chi connectivity index (χ1v) is 8.28. The van der Waals surface area contributed by atoms with Crippen molar-refractivity contribution in [2.45, 2.75) is 19.9 Å². The molecule has 1 heterocycles. The normalized spacial score (nSPS) is 10.5. The van der Waals surface area contributed by atoms with Crippen molar-refractivity contribution in [1.29, 1.82) is 0 Å². The zero-order valence-electron chi connectivity index (χ0n) is 14.3. The number of amides is 1. The van der Waals surface area contributed by atoms with E-state index in [-0.39, 0.29) is 23.8 Å². The maximum Gasteiger partial charge on any atom is 0.267 e. The summed E-state index contributed by atoms with van der Waals surface area (Å²) in [5, 5.41) is 7.03. The van der Waals surface area contributed by atoms with E-state index in [2.05, 4.69) is 10.4 Å². The molecule has 0 atom stereocenters. The van der Waals surface area contributed by atoms with Gasteiger partial charge in [0, 0.05) is 17.3 Å². The second kappa shape index (κ2) is 7.74. The van der Waals surface area contributed by atoms with Gasteiger partial charge in [0.05, 0.1) is 5.69 Å². The summed E-state index contributed by atoms with van der Waals surface area (Å²) < 4.78 is 14.2. The van der Waals surface area contributed by atoms with Crippen LogP contribution in [-0.4, -0.2) is 15.7 Å². The highest BCUT2D eigenvalue weighted by atomic mass is 19.1. The van der Waals surface area contributed by atoms with Gasteiger partial charge < -0.3 is 5.32 Å². The zero-order valence-corrected chi connectivity index (χ0v) is 14.3. The molecule has 0 saturated carbocycles. The van der Waals surface area contributed by atoms with Crippen LogP contribution in [0.25, 0.3) is 11.3 Å². The molecular weight excluding hydrogens is 333 g/mol. The summed E-state index contributed by atoms with van der Waals surface area (Å²) in [6.45, 7) is 1.80. The Hall–Kier alpha value is -3.28. The molecule has 132 valence electrons. The number of nitrogens with one attached hydrogen (secondary N) is 1. The number of para-hydroxylation sites is 1. The van der Waals surface area contributed by atoms with Crippen molar-refractivity contribution in [2.75, 3.05) is 5.32 Å². The SMILES string of the molecule is CCc1ccccc1NC(=O)Cn1nc(-c2ccc(F)cc2)ccc1=O. The first-order valence-electron chi connectivity index (χ1n) is 8.28. The van der Waals surface area contributed by atoms with E-state index in [1.54, 1.807) is 18.2 Å². The Morgan fingerprint density at radius 1 is 1.08 bits per heavy atom. The first-order chi connectivity index (χ1) is 12.6. The molecule has 1 amide bonds. The van der Waals surface area contributed by atoms with Crippen LogP contribution in [-0.2, 0) is 17.8 Å². The Balaban J connectivity index is 1.81. The largest absolute Gasteiger partial charge is 0.324 e. The summed E-state index contributed by atoms with van der Waals surface area (Å²) in [5.41, 5.74) is 2.52. The third-order valence-corrected chi connectivity index (χ3v) is 3.97. The van der Waals surface area contributed by atoms with Crippen molar-refractivity contribution in [3.63, 3.8) is 0 Å². The minimum Gasteiger partial charge on any atom is -0.324 e. The van der Waals surface area contributed by atoms with Crippen molar-refractivity contribution in [1.82, 2.24) is 9.78 Å². The van der Waals surface area contributed by atoms with Gasteiger partial charge in [-0.25, -0.2) is 9.07 Å². The quantitative estimate of drug-likeness (QED) is 0.767. The Bertz CT molecular complexity index is 981. The molecule has 0 saturated heterocycles. The Morgan fingerprint density at radius 2 is 1.81 bits per heavy atom. The van der Waals surface area contributed by atoms with Crippen molar-refractivity contribution in [2.24, 2.45) is 0 Å². The average Bonchev–Trinajstić information content (AvgIpc) is 2.64. The van der Waals surface area contributed by atoms with Crippen molar-refractivity contribution in [3.8, 4) is 11.3 Å². The number of carbonyl (C=O) groups is 1. The molecule has 0 radical (unpaired) electrons. The Labute approximate surface area is 150 Å². The maximum atomic E-state index is 13.1. The number of rotatable bonds is 5. The van der Waals surface area contributed by atoms with Crippen LogP contribution in [0.2, 0.25) is 0 Å². The molecule has 3 rings (SSSR count). The Morgan fingerprint density at radius 3 is 2.54 bits per heavy atom. The lowest BCUT2D eigenvalue weighted by Gasteiger charge is -2.11. The summed E-state index contributed by atoms with van der Waals surface area (Å²) in [4.78, 5) is 24.4. The first kappa shape index (κ1) is 17.5. The van der Waals surface area contributed by atoms with E-state index in [1.807, 2.05) is 31.2 Å². The van der Waals surface area contributed by atoms with Gasteiger partial charge in [-0.05, 0) is 48.4 Å². The lowest BCUT2D eigenvalue weighted by atomic mass is 10.1. The van der Waals surface area contributed by atoms with Crippen LogP contribution in [0.1, 0.15) is 12.5 Å². The predicted molar refractivity (Wildman–Crippen MR) is 98.3 cm³/mol. The minimum atomic E-state index is -0.380. The number of aromatic nitrogens is 2. The van der Waals surface area contributed by atoms with Crippen LogP contribution in [0.3, 0.4) is 0 Å². The summed E-state index contributed by atoms with van der Waals surface area (Å²) >= 11 is 0. The highest BCUT2D eigenvalue weighted by Crippen LogP contribution is 2.17. The molecule has 0 aliphatic carbocycles. The van der Waals surface area contributed by atoms with Crippen LogP contribution < -0.4 is 10.9 Å². The zero-order chi connectivity index (χ0) is 18.5. The molecule has 1 aromatic heterocycles.